The van der Waals surface area contributed by atoms with E-state index in [-0.39, 0.29) is 12.0 Å². The molecule has 0 amide bonds. The van der Waals surface area contributed by atoms with Gasteiger partial charge in [0.25, 0.3) is 0 Å². The third-order valence-electron chi connectivity index (χ3n) is 4.76. The van der Waals surface area contributed by atoms with E-state index < -0.39 is 11.8 Å². The molecule has 2 nitrogen and oxygen atoms in total. The van der Waals surface area contributed by atoms with E-state index in [2.05, 4.69) is 4.99 Å². The van der Waals surface area contributed by atoms with Gasteiger partial charge in [-0.3, -0.25) is 4.99 Å². The number of nitrogens with zero attached hydrogens (tertiary/aromatic N) is 1. The van der Waals surface area contributed by atoms with Crippen LogP contribution >= 0.6 is 0 Å². The summed E-state index contributed by atoms with van der Waals surface area (Å²) in [6, 6.07) is 3.13. The molecule has 1 aromatic carbocycles. The van der Waals surface area contributed by atoms with Crippen molar-refractivity contribution in [1.82, 2.24) is 0 Å². The average Bonchev–Trinajstić information content (AvgIpc) is 2.60. The summed E-state index contributed by atoms with van der Waals surface area (Å²) >= 11 is 0. The van der Waals surface area contributed by atoms with Crippen LogP contribution in [0, 0.1) is 6.92 Å². The monoisotopic (exact) mass is 369 g/mol. The van der Waals surface area contributed by atoms with Gasteiger partial charge in [0.1, 0.15) is 0 Å². The Labute approximate surface area is 154 Å². The largest absolute Gasteiger partial charge is 0.421 e. The van der Waals surface area contributed by atoms with Gasteiger partial charge in [-0.2, -0.15) is 13.2 Å². The van der Waals surface area contributed by atoms with Crippen molar-refractivity contribution in [2.45, 2.75) is 78.5 Å². The molecule has 1 rings (SSSR count). The fourth-order valence-corrected chi connectivity index (χ4v) is 2.94. The van der Waals surface area contributed by atoms with E-state index in [1.165, 1.54) is 6.07 Å². The number of hydrogen-bond donors (Lipinski definition) is 1. The molecule has 1 unspecified atom stereocenters. The Morgan fingerprint density at radius 2 is 1.85 bits per heavy atom. The number of allylic oxidation sites excluding steroid dienone is 2. The van der Waals surface area contributed by atoms with E-state index in [0.29, 0.717) is 36.1 Å². The molecule has 0 bridgehead atoms. The fraction of sp³-hybridized carbons (Fsp3) is 0.571. The summed E-state index contributed by atoms with van der Waals surface area (Å²) in [5.41, 5.74) is -0.0607. The highest BCUT2D eigenvalue weighted by Gasteiger charge is 2.55. The Bertz CT molecular complexity index is 662. The summed E-state index contributed by atoms with van der Waals surface area (Å²) in [6.45, 7) is 9.28. The predicted octanol–water partition coefficient (Wildman–Crippen LogP) is 6.56. The van der Waals surface area contributed by atoms with Gasteiger partial charge in [-0.05, 0) is 61.4 Å². The van der Waals surface area contributed by atoms with Crippen LogP contribution in [-0.4, -0.2) is 17.5 Å². The third-order valence-corrected chi connectivity index (χ3v) is 4.76. The smallest absolute Gasteiger partial charge is 0.376 e. The van der Waals surface area contributed by atoms with Gasteiger partial charge >= 0.3 is 6.18 Å². The second-order valence-electron chi connectivity index (χ2n) is 6.59. The van der Waals surface area contributed by atoms with Crippen LogP contribution in [0.15, 0.2) is 28.8 Å². The second kappa shape index (κ2) is 9.36. The highest BCUT2D eigenvalue weighted by molar-refractivity contribution is 5.81. The first-order chi connectivity index (χ1) is 12.1. The van der Waals surface area contributed by atoms with Gasteiger partial charge < -0.3 is 5.11 Å². The molecule has 0 aliphatic heterocycles. The molecule has 1 N–H and O–H groups in total. The summed E-state index contributed by atoms with van der Waals surface area (Å²) in [5, 5.41) is 10.6. The zero-order chi connectivity index (χ0) is 20.0. The van der Waals surface area contributed by atoms with Gasteiger partial charge in [0.05, 0.1) is 5.69 Å². The molecule has 0 spiro atoms. The Balaban J connectivity index is 3.47. The van der Waals surface area contributed by atoms with Crippen LogP contribution in [0.2, 0.25) is 0 Å². The number of benzene rings is 1. The molecule has 0 aromatic heterocycles. The molecule has 1 aromatic rings. The number of unbranched alkanes of at least 4 members (excludes halogenated alkanes) is 1. The van der Waals surface area contributed by atoms with Crippen molar-refractivity contribution in [2.24, 2.45) is 4.99 Å². The lowest BCUT2D eigenvalue weighted by atomic mass is 9.83. The van der Waals surface area contributed by atoms with Gasteiger partial charge in [-0.15, -0.1) is 0 Å². The standard InChI is InChI=1S/C21H30F3NO/c1-6-10-11-20(26,21(22,23)24)18-12-15(5)19(13-17(18)9-4)25-14-16(7-2)8-3/h7,12-14,26H,6,8-11H2,1-5H3/b16-7+,25-14+. The molecule has 0 aliphatic carbocycles. The zero-order valence-electron chi connectivity index (χ0n) is 16.4. The minimum Gasteiger partial charge on any atom is -0.376 e. The van der Waals surface area contributed by atoms with E-state index >= 15 is 0 Å². The van der Waals surface area contributed by atoms with Crippen molar-refractivity contribution < 1.29 is 18.3 Å². The summed E-state index contributed by atoms with van der Waals surface area (Å²) in [4.78, 5) is 4.45. The van der Waals surface area contributed by atoms with Crippen molar-refractivity contribution in [3.63, 3.8) is 0 Å². The zero-order valence-corrected chi connectivity index (χ0v) is 16.4. The molecule has 1 atom stereocenters. The van der Waals surface area contributed by atoms with E-state index in [4.69, 9.17) is 0 Å². The van der Waals surface area contributed by atoms with Crippen molar-refractivity contribution in [3.05, 3.63) is 40.5 Å². The van der Waals surface area contributed by atoms with Crippen molar-refractivity contribution in [2.75, 3.05) is 0 Å². The van der Waals surface area contributed by atoms with Crippen LogP contribution in [0.25, 0.3) is 0 Å². The maximum absolute atomic E-state index is 13.7. The lowest BCUT2D eigenvalue weighted by Gasteiger charge is -2.33. The summed E-state index contributed by atoms with van der Waals surface area (Å²) in [5.74, 6) is 0. The first-order valence-electron chi connectivity index (χ1n) is 9.26. The number of aryl methyl sites for hydroxylation is 2. The van der Waals surface area contributed by atoms with E-state index in [1.54, 1.807) is 26.1 Å². The fourth-order valence-electron chi connectivity index (χ4n) is 2.94. The quantitative estimate of drug-likeness (QED) is 0.517. The van der Waals surface area contributed by atoms with Crippen molar-refractivity contribution in [3.8, 4) is 0 Å². The van der Waals surface area contributed by atoms with Gasteiger partial charge in [-0.25, -0.2) is 0 Å². The maximum atomic E-state index is 13.7. The molecule has 0 saturated carbocycles. The molecule has 0 radical (unpaired) electrons. The van der Waals surface area contributed by atoms with Crippen LogP contribution in [0.5, 0.6) is 0 Å². The number of hydrogen-bond acceptors (Lipinski definition) is 2. The van der Waals surface area contributed by atoms with Crippen LogP contribution in [0.3, 0.4) is 0 Å². The van der Waals surface area contributed by atoms with E-state index in [1.807, 2.05) is 26.8 Å². The SMILES string of the molecule is C/C=C(/C=N/c1cc(CC)c(C(O)(CCCC)C(F)(F)F)cc1C)CC. The maximum Gasteiger partial charge on any atom is 0.421 e. The van der Waals surface area contributed by atoms with Crippen LogP contribution < -0.4 is 0 Å². The second-order valence-corrected chi connectivity index (χ2v) is 6.59. The summed E-state index contributed by atoms with van der Waals surface area (Å²) in [7, 11) is 0. The van der Waals surface area contributed by atoms with E-state index in [0.717, 1.165) is 12.0 Å². The Kier molecular flexibility index (Phi) is 8.07. The molecule has 0 aliphatic rings. The number of aliphatic imine (C=N–C) groups is 1. The van der Waals surface area contributed by atoms with Gasteiger partial charge in [0, 0.05) is 6.21 Å². The van der Waals surface area contributed by atoms with E-state index in [9.17, 15) is 18.3 Å². The molecule has 0 fully saturated rings. The molecular formula is C21H30F3NO. The van der Waals surface area contributed by atoms with Gasteiger partial charge in [-0.1, -0.05) is 45.8 Å². The number of aliphatic hydroxyl groups is 1. The molecule has 146 valence electrons. The number of alkyl halides is 3. The molecule has 26 heavy (non-hydrogen) atoms. The van der Waals surface area contributed by atoms with Crippen LogP contribution in [-0.2, 0) is 12.0 Å². The Morgan fingerprint density at radius 1 is 1.19 bits per heavy atom. The first-order valence-corrected chi connectivity index (χ1v) is 9.26. The molecule has 0 heterocycles. The summed E-state index contributed by atoms with van der Waals surface area (Å²) < 4.78 is 41.2. The minimum absolute atomic E-state index is 0.0425. The molecule has 0 saturated heterocycles. The third kappa shape index (κ3) is 4.97. The number of halogens is 3. The van der Waals surface area contributed by atoms with Gasteiger partial charge in [0.15, 0.2) is 5.60 Å². The van der Waals surface area contributed by atoms with Crippen LogP contribution in [0.1, 0.15) is 70.1 Å². The first kappa shape index (κ1) is 22.4. The topological polar surface area (TPSA) is 32.6 Å². The van der Waals surface area contributed by atoms with Crippen molar-refractivity contribution in [1.29, 1.82) is 0 Å². The Morgan fingerprint density at radius 3 is 2.31 bits per heavy atom. The Hall–Kier alpha value is -1.62. The molecule has 5 heteroatoms. The highest BCUT2D eigenvalue weighted by atomic mass is 19.4. The number of rotatable bonds is 8. The predicted molar refractivity (Wildman–Crippen MR) is 102 cm³/mol. The average molecular weight is 369 g/mol. The minimum atomic E-state index is -4.72. The summed E-state index contributed by atoms with van der Waals surface area (Å²) in [6.07, 6.45) is 0.777. The highest BCUT2D eigenvalue weighted by Crippen LogP contribution is 2.45. The molecular weight excluding hydrogens is 339 g/mol. The van der Waals surface area contributed by atoms with Gasteiger partial charge in [0.2, 0.25) is 0 Å². The van der Waals surface area contributed by atoms with Crippen LogP contribution in [0.4, 0.5) is 18.9 Å². The van der Waals surface area contributed by atoms with Crippen molar-refractivity contribution >= 4 is 11.9 Å². The normalized spacial score (nSPS) is 15.5. The lowest BCUT2D eigenvalue weighted by molar-refractivity contribution is -0.269. The lowest BCUT2D eigenvalue weighted by Crippen LogP contribution is -2.43.